The smallest absolute Gasteiger partial charge is 0.225 e. The van der Waals surface area contributed by atoms with Crippen LogP contribution in [-0.4, -0.2) is 39.8 Å². The van der Waals surface area contributed by atoms with Gasteiger partial charge in [0.15, 0.2) is 10.8 Å². The van der Waals surface area contributed by atoms with E-state index < -0.39 is 0 Å². The lowest BCUT2D eigenvalue weighted by atomic mass is 9.97. The average molecular weight is 444 g/mol. The van der Waals surface area contributed by atoms with E-state index in [0.29, 0.717) is 11.1 Å². The molecule has 1 amide bonds. The van der Waals surface area contributed by atoms with Crippen LogP contribution in [0.1, 0.15) is 44.2 Å². The average Bonchev–Trinajstić information content (AvgIpc) is 3.48. The molecule has 2 aromatic heterocycles. The summed E-state index contributed by atoms with van der Waals surface area (Å²) in [6, 6.07) is 8.02. The summed E-state index contributed by atoms with van der Waals surface area (Å²) in [6.07, 6.45) is 6.69. The normalized spacial score (nSPS) is 20.2. The number of hydrogen-bond acceptors (Lipinski definition) is 5. The number of nitrogens with zero attached hydrogens (tertiary/aromatic N) is 4. The molecular formula is C22H26ClN5OS. The zero-order valence-electron chi connectivity index (χ0n) is 17.1. The van der Waals surface area contributed by atoms with Crippen LogP contribution < -0.4 is 10.2 Å². The van der Waals surface area contributed by atoms with E-state index in [4.69, 9.17) is 16.6 Å². The molecule has 0 radical (unpaired) electrons. The van der Waals surface area contributed by atoms with E-state index in [-0.39, 0.29) is 11.8 Å². The summed E-state index contributed by atoms with van der Waals surface area (Å²) >= 11 is 7.71. The van der Waals surface area contributed by atoms with Crippen LogP contribution in [0.4, 0.5) is 5.13 Å². The number of hydrogen-bond donors (Lipinski definition) is 1. The molecule has 1 saturated carbocycles. The van der Waals surface area contributed by atoms with Crippen molar-refractivity contribution in [2.45, 2.75) is 51.5 Å². The summed E-state index contributed by atoms with van der Waals surface area (Å²) in [7, 11) is 0. The molecule has 2 fully saturated rings. The fourth-order valence-electron chi connectivity index (χ4n) is 4.57. The predicted octanol–water partition coefficient (Wildman–Crippen LogP) is 4.72. The first-order chi connectivity index (χ1) is 14.6. The number of aryl methyl sites for hydroxylation is 1. The Hall–Kier alpha value is -2.12. The maximum Gasteiger partial charge on any atom is 0.225 e. The van der Waals surface area contributed by atoms with E-state index in [1.54, 1.807) is 11.3 Å². The molecule has 0 spiro atoms. The van der Waals surface area contributed by atoms with Gasteiger partial charge in [0.1, 0.15) is 0 Å². The van der Waals surface area contributed by atoms with E-state index in [1.807, 2.05) is 35.9 Å². The molecule has 5 rings (SSSR count). The Morgan fingerprint density at radius 1 is 1.17 bits per heavy atom. The lowest BCUT2D eigenvalue weighted by Crippen LogP contribution is -2.45. The summed E-state index contributed by atoms with van der Waals surface area (Å²) in [5, 5.41) is 9.63. The van der Waals surface area contributed by atoms with Crippen LogP contribution in [0.2, 0.25) is 5.02 Å². The lowest BCUT2D eigenvalue weighted by molar-refractivity contribution is -0.125. The van der Waals surface area contributed by atoms with Crippen LogP contribution in [0, 0.1) is 12.8 Å². The maximum atomic E-state index is 12.8. The van der Waals surface area contributed by atoms with E-state index in [1.165, 1.54) is 12.8 Å². The number of rotatable bonds is 4. The summed E-state index contributed by atoms with van der Waals surface area (Å²) in [4.78, 5) is 20.0. The molecule has 1 aliphatic carbocycles. The molecule has 30 heavy (non-hydrogen) atoms. The van der Waals surface area contributed by atoms with E-state index in [9.17, 15) is 4.79 Å². The summed E-state index contributed by atoms with van der Waals surface area (Å²) in [5.41, 5.74) is 2.78. The fraction of sp³-hybridized carbons (Fsp3) is 0.500. The van der Waals surface area contributed by atoms with Crippen LogP contribution in [0.25, 0.3) is 16.0 Å². The van der Waals surface area contributed by atoms with Crippen molar-refractivity contribution in [1.29, 1.82) is 0 Å². The molecule has 1 aromatic carbocycles. The number of anilines is 1. The number of piperidine rings is 1. The van der Waals surface area contributed by atoms with Crippen molar-refractivity contribution >= 4 is 44.3 Å². The molecule has 0 unspecified atom stereocenters. The van der Waals surface area contributed by atoms with E-state index in [0.717, 1.165) is 65.6 Å². The van der Waals surface area contributed by atoms with Crippen molar-refractivity contribution in [2.75, 3.05) is 18.0 Å². The third-order valence-electron chi connectivity index (χ3n) is 6.21. The van der Waals surface area contributed by atoms with Gasteiger partial charge < -0.3 is 10.2 Å². The third kappa shape index (κ3) is 3.81. The number of nitrogens with one attached hydrogen (secondary N) is 1. The quantitative estimate of drug-likeness (QED) is 0.633. The van der Waals surface area contributed by atoms with Gasteiger partial charge in [-0.1, -0.05) is 35.8 Å². The molecule has 0 bridgehead atoms. The Labute approximate surface area is 185 Å². The molecule has 1 atom stereocenters. The zero-order valence-corrected chi connectivity index (χ0v) is 18.7. The van der Waals surface area contributed by atoms with Gasteiger partial charge >= 0.3 is 0 Å². The van der Waals surface area contributed by atoms with Crippen molar-refractivity contribution in [3.63, 3.8) is 0 Å². The number of amides is 1. The molecule has 2 aliphatic rings. The second-order valence-electron chi connectivity index (χ2n) is 8.40. The molecule has 158 valence electrons. The molecule has 3 heterocycles. The van der Waals surface area contributed by atoms with E-state index >= 15 is 0 Å². The molecule has 8 heteroatoms. The van der Waals surface area contributed by atoms with Crippen LogP contribution in [0.15, 0.2) is 24.3 Å². The highest BCUT2D eigenvalue weighted by Crippen LogP contribution is 2.34. The van der Waals surface area contributed by atoms with Crippen LogP contribution in [-0.2, 0) is 4.79 Å². The topological polar surface area (TPSA) is 63.1 Å². The summed E-state index contributed by atoms with van der Waals surface area (Å²) in [6.45, 7) is 3.70. The minimum atomic E-state index is 0.0419. The van der Waals surface area contributed by atoms with Gasteiger partial charge in [-0.05, 0) is 56.9 Å². The Morgan fingerprint density at radius 3 is 2.70 bits per heavy atom. The summed E-state index contributed by atoms with van der Waals surface area (Å²) in [5.74, 6) is 0.261. The monoisotopic (exact) mass is 443 g/mol. The number of fused-ring (bicyclic) bond motifs is 1. The first-order valence-electron chi connectivity index (χ1n) is 10.8. The highest BCUT2D eigenvalue weighted by atomic mass is 35.5. The minimum Gasteiger partial charge on any atom is -0.353 e. The van der Waals surface area contributed by atoms with E-state index in [2.05, 4.69) is 15.3 Å². The zero-order chi connectivity index (χ0) is 20.7. The number of benzene rings is 1. The van der Waals surface area contributed by atoms with Crippen molar-refractivity contribution in [3.05, 3.63) is 35.0 Å². The third-order valence-corrected chi connectivity index (χ3v) is 7.68. The molecule has 1 aliphatic heterocycles. The minimum absolute atomic E-state index is 0.0419. The summed E-state index contributed by atoms with van der Waals surface area (Å²) < 4.78 is 2.98. The van der Waals surface area contributed by atoms with Crippen LogP contribution in [0.5, 0.6) is 0 Å². The Morgan fingerprint density at radius 2 is 1.93 bits per heavy atom. The van der Waals surface area contributed by atoms with Crippen molar-refractivity contribution < 1.29 is 4.79 Å². The van der Waals surface area contributed by atoms with Crippen molar-refractivity contribution in [1.82, 2.24) is 20.1 Å². The fourth-order valence-corrected chi connectivity index (χ4v) is 5.72. The highest BCUT2D eigenvalue weighted by molar-refractivity contribution is 7.22. The SMILES string of the molecule is Cc1nn(-c2ccc(Cl)cc2)c2nc(N3CCC[C@H](C(=O)NC4CCCC4)C3)sc12. The van der Waals surface area contributed by atoms with Gasteiger partial charge in [0.25, 0.3) is 0 Å². The van der Waals surface area contributed by atoms with Gasteiger partial charge in [-0.3, -0.25) is 4.79 Å². The number of carbonyl (C=O) groups is 1. The number of thiazole rings is 1. The Balaban J connectivity index is 1.37. The maximum absolute atomic E-state index is 12.8. The Kier molecular flexibility index (Phi) is 5.41. The number of carbonyl (C=O) groups excluding carboxylic acids is 1. The number of aromatic nitrogens is 3. The molecule has 3 aromatic rings. The second kappa shape index (κ2) is 8.19. The van der Waals surface area contributed by atoms with Gasteiger partial charge in [0.2, 0.25) is 5.91 Å². The Bertz CT molecular complexity index is 1050. The first-order valence-corrected chi connectivity index (χ1v) is 12.0. The molecule has 6 nitrogen and oxygen atoms in total. The molecular weight excluding hydrogens is 418 g/mol. The van der Waals surface area contributed by atoms with Gasteiger partial charge in [-0.15, -0.1) is 0 Å². The van der Waals surface area contributed by atoms with Crippen molar-refractivity contribution in [3.8, 4) is 5.69 Å². The van der Waals surface area contributed by atoms with Gasteiger partial charge in [0, 0.05) is 24.2 Å². The van der Waals surface area contributed by atoms with Gasteiger partial charge in [-0.2, -0.15) is 10.1 Å². The molecule has 1 saturated heterocycles. The van der Waals surface area contributed by atoms with Crippen molar-refractivity contribution in [2.24, 2.45) is 5.92 Å². The lowest BCUT2D eigenvalue weighted by Gasteiger charge is -2.32. The first kappa shape index (κ1) is 19.8. The standard InChI is InChI=1S/C22H26ClN5OS/c1-14-19-20(28(26-14)18-10-8-16(23)9-11-18)25-22(30-19)27-12-4-5-15(13-27)21(29)24-17-6-2-3-7-17/h8-11,15,17H,2-7,12-13H2,1H3,(H,24,29)/t15-/m0/s1. The van der Waals surface area contributed by atoms with Crippen LogP contribution >= 0.6 is 22.9 Å². The van der Waals surface area contributed by atoms with Gasteiger partial charge in [-0.25, -0.2) is 4.68 Å². The second-order valence-corrected chi connectivity index (χ2v) is 9.81. The predicted molar refractivity (Wildman–Crippen MR) is 122 cm³/mol. The number of halogens is 1. The molecule has 1 N–H and O–H groups in total. The van der Waals surface area contributed by atoms with Crippen LogP contribution in [0.3, 0.4) is 0 Å². The highest BCUT2D eigenvalue weighted by Gasteiger charge is 2.30. The largest absolute Gasteiger partial charge is 0.353 e. The van der Waals surface area contributed by atoms with Gasteiger partial charge in [0.05, 0.1) is 22.0 Å².